The number of imidazole rings is 1. The predicted octanol–water partition coefficient (Wildman–Crippen LogP) is 2.06. The van der Waals surface area contributed by atoms with Crippen molar-refractivity contribution in [1.82, 2.24) is 15.3 Å². The lowest BCUT2D eigenvalue weighted by Crippen LogP contribution is -2.18. The first-order chi connectivity index (χ1) is 8.01. The van der Waals surface area contributed by atoms with Crippen molar-refractivity contribution < 1.29 is 0 Å². The van der Waals surface area contributed by atoms with E-state index in [0.717, 1.165) is 23.5 Å². The Hall–Kier alpha value is -1.05. The number of aromatic amines is 1. The maximum Gasteiger partial charge on any atom is 0.130 e. The highest BCUT2D eigenvalue weighted by molar-refractivity contribution is 6.83. The number of hydrogen-bond donors (Lipinski definition) is 2. The lowest BCUT2D eigenvalue weighted by molar-refractivity contribution is 0.543. The molecule has 3 atom stereocenters. The van der Waals surface area contributed by atoms with Gasteiger partial charge in [0.15, 0.2) is 0 Å². The number of nitrogens with zero attached hydrogens (tertiary/aromatic N) is 1. The molecule has 0 bridgehead atoms. The average Bonchev–Trinajstić information content (AvgIpc) is 2.72. The topological polar surface area (TPSA) is 40.7 Å². The number of hydrogen-bond acceptors (Lipinski definition) is 2. The SMILES string of the molecule is C[Si](C)(C)C#Cc1c[nH]c([C@@H]2CC3C[C@H]3N2)n1. The van der Waals surface area contributed by atoms with Crippen LogP contribution in [0.3, 0.4) is 0 Å². The zero-order chi connectivity index (χ0) is 12.0. The molecule has 2 fully saturated rings. The summed E-state index contributed by atoms with van der Waals surface area (Å²) in [5.41, 5.74) is 4.24. The maximum atomic E-state index is 4.58. The summed E-state index contributed by atoms with van der Waals surface area (Å²) in [6.45, 7) is 6.75. The van der Waals surface area contributed by atoms with Crippen molar-refractivity contribution in [2.45, 2.75) is 44.6 Å². The zero-order valence-corrected chi connectivity index (χ0v) is 11.7. The highest BCUT2D eigenvalue weighted by atomic mass is 28.3. The standard InChI is InChI=1S/C13H19N3Si/c1-17(2,3)5-4-10-8-14-13(15-10)12-7-9-6-11(9)16-12/h8-9,11-12,16H,6-7H2,1-3H3,(H,14,15)/t9?,11-,12+/m1/s1. The van der Waals surface area contributed by atoms with Crippen LogP contribution in [0.25, 0.3) is 0 Å². The Morgan fingerprint density at radius 3 is 2.82 bits per heavy atom. The van der Waals surface area contributed by atoms with Crippen LogP contribution in [-0.4, -0.2) is 24.1 Å². The fourth-order valence-corrected chi connectivity index (χ4v) is 2.87. The third-order valence-corrected chi connectivity index (χ3v) is 4.24. The second-order valence-electron chi connectivity index (χ2n) is 6.23. The first-order valence-corrected chi connectivity index (χ1v) is 9.86. The summed E-state index contributed by atoms with van der Waals surface area (Å²) in [6.07, 6.45) is 4.53. The second kappa shape index (κ2) is 3.72. The van der Waals surface area contributed by atoms with Gasteiger partial charge in [0.05, 0.1) is 6.04 Å². The molecule has 1 saturated carbocycles. The molecule has 1 aliphatic heterocycles. The number of nitrogens with one attached hydrogen (secondary N) is 2. The summed E-state index contributed by atoms with van der Waals surface area (Å²) in [5.74, 6) is 5.16. The van der Waals surface area contributed by atoms with Gasteiger partial charge in [-0.1, -0.05) is 25.6 Å². The lowest BCUT2D eigenvalue weighted by Gasteiger charge is -2.08. The molecule has 2 N–H and O–H groups in total. The summed E-state index contributed by atoms with van der Waals surface area (Å²) in [7, 11) is -1.30. The molecule has 0 spiro atoms. The molecule has 2 aliphatic rings. The van der Waals surface area contributed by atoms with Crippen LogP contribution in [0.15, 0.2) is 6.20 Å². The van der Waals surface area contributed by atoms with E-state index in [9.17, 15) is 0 Å². The van der Waals surface area contributed by atoms with Gasteiger partial charge in [-0.25, -0.2) is 4.98 Å². The number of piperidine rings is 1. The summed E-state index contributed by atoms with van der Waals surface area (Å²) in [5, 5.41) is 3.60. The van der Waals surface area contributed by atoms with E-state index in [1.807, 2.05) is 6.20 Å². The third kappa shape index (κ3) is 2.45. The summed E-state index contributed by atoms with van der Waals surface area (Å²) < 4.78 is 0. The van der Waals surface area contributed by atoms with E-state index < -0.39 is 8.07 Å². The molecular weight excluding hydrogens is 226 g/mol. The highest BCUT2D eigenvalue weighted by Crippen LogP contribution is 2.45. The number of H-pyrrole nitrogens is 1. The molecule has 1 aromatic heterocycles. The van der Waals surface area contributed by atoms with Crippen molar-refractivity contribution in [1.29, 1.82) is 0 Å². The van der Waals surface area contributed by atoms with Gasteiger partial charge in [-0.05, 0) is 18.8 Å². The van der Waals surface area contributed by atoms with E-state index in [4.69, 9.17) is 0 Å². The summed E-state index contributed by atoms with van der Waals surface area (Å²) in [6, 6.07) is 1.20. The van der Waals surface area contributed by atoms with Crippen LogP contribution in [0.1, 0.15) is 30.4 Å². The van der Waals surface area contributed by atoms with Crippen LogP contribution in [0, 0.1) is 17.4 Å². The first kappa shape index (κ1) is 11.1. The molecule has 0 aromatic carbocycles. The fraction of sp³-hybridized carbons (Fsp3) is 0.615. The maximum absolute atomic E-state index is 4.58. The third-order valence-electron chi connectivity index (χ3n) is 3.37. The quantitative estimate of drug-likeness (QED) is 0.587. The van der Waals surface area contributed by atoms with Gasteiger partial charge in [0, 0.05) is 12.2 Å². The Morgan fingerprint density at radius 2 is 2.18 bits per heavy atom. The number of aromatic nitrogens is 2. The van der Waals surface area contributed by atoms with Gasteiger partial charge in [0.25, 0.3) is 0 Å². The number of rotatable bonds is 1. The van der Waals surface area contributed by atoms with Crippen molar-refractivity contribution in [3.05, 3.63) is 17.7 Å². The van der Waals surface area contributed by atoms with Crippen LogP contribution in [0.2, 0.25) is 19.6 Å². The van der Waals surface area contributed by atoms with Gasteiger partial charge in [-0.2, -0.15) is 0 Å². The van der Waals surface area contributed by atoms with Crippen LogP contribution in [-0.2, 0) is 0 Å². The van der Waals surface area contributed by atoms with Crippen molar-refractivity contribution in [3.8, 4) is 11.5 Å². The van der Waals surface area contributed by atoms with E-state index in [1.165, 1.54) is 12.8 Å². The first-order valence-electron chi connectivity index (χ1n) is 6.36. The second-order valence-corrected chi connectivity index (χ2v) is 11.0. The van der Waals surface area contributed by atoms with Crippen molar-refractivity contribution in [2.24, 2.45) is 5.92 Å². The summed E-state index contributed by atoms with van der Waals surface area (Å²) in [4.78, 5) is 7.85. The highest BCUT2D eigenvalue weighted by Gasteiger charge is 2.46. The minimum Gasteiger partial charge on any atom is -0.346 e. The molecular formula is C13H19N3Si. The molecule has 3 rings (SSSR count). The van der Waals surface area contributed by atoms with Gasteiger partial charge in [0.1, 0.15) is 19.6 Å². The largest absolute Gasteiger partial charge is 0.346 e. The fourth-order valence-electron chi connectivity index (χ4n) is 2.36. The van der Waals surface area contributed by atoms with Gasteiger partial charge in [-0.3, -0.25) is 0 Å². The van der Waals surface area contributed by atoms with Gasteiger partial charge < -0.3 is 10.3 Å². The molecule has 2 heterocycles. The lowest BCUT2D eigenvalue weighted by atomic mass is 10.2. The molecule has 1 saturated heterocycles. The molecule has 4 heteroatoms. The smallest absolute Gasteiger partial charge is 0.130 e. The summed E-state index contributed by atoms with van der Waals surface area (Å²) >= 11 is 0. The van der Waals surface area contributed by atoms with E-state index >= 15 is 0 Å². The normalized spacial score (nSPS) is 30.6. The van der Waals surface area contributed by atoms with E-state index in [-0.39, 0.29) is 0 Å². The molecule has 0 radical (unpaired) electrons. The Morgan fingerprint density at radius 1 is 1.35 bits per heavy atom. The monoisotopic (exact) mass is 245 g/mol. The molecule has 0 amide bonds. The van der Waals surface area contributed by atoms with Crippen LogP contribution in [0.5, 0.6) is 0 Å². The Bertz CT molecular complexity index is 479. The van der Waals surface area contributed by atoms with Gasteiger partial charge >= 0.3 is 0 Å². The molecule has 1 unspecified atom stereocenters. The van der Waals surface area contributed by atoms with Gasteiger partial charge in [0.2, 0.25) is 0 Å². The average molecular weight is 245 g/mol. The Kier molecular flexibility index (Phi) is 2.42. The molecule has 90 valence electrons. The Labute approximate surface area is 103 Å². The van der Waals surface area contributed by atoms with Crippen molar-refractivity contribution >= 4 is 8.07 Å². The number of fused-ring (bicyclic) bond motifs is 1. The van der Waals surface area contributed by atoms with Crippen molar-refractivity contribution in [2.75, 3.05) is 0 Å². The minimum atomic E-state index is -1.30. The minimum absolute atomic E-state index is 0.432. The van der Waals surface area contributed by atoms with E-state index in [0.29, 0.717) is 6.04 Å². The zero-order valence-electron chi connectivity index (χ0n) is 10.7. The van der Waals surface area contributed by atoms with Crippen LogP contribution >= 0.6 is 0 Å². The van der Waals surface area contributed by atoms with Crippen LogP contribution < -0.4 is 5.32 Å². The van der Waals surface area contributed by atoms with Crippen LogP contribution in [0.4, 0.5) is 0 Å². The molecule has 1 aromatic rings. The molecule has 1 aliphatic carbocycles. The van der Waals surface area contributed by atoms with Gasteiger partial charge in [-0.15, -0.1) is 5.54 Å². The van der Waals surface area contributed by atoms with E-state index in [2.05, 4.69) is 46.4 Å². The molecule has 3 nitrogen and oxygen atoms in total. The van der Waals surface area contributed by atoms with Crippen molar-refractivity contribution in [3.63, 3.8) is 0 Å². The van der Waals surface area contributed by atoms with E-state index in [1.54, 1.807) is 0 Å². The molecule has 17 heavy (non-hydrogen) atoms. The Balaban J connectivity index is 1.71. The predicted molar refractivity (Wildman–Crippen MR) is 71.2 cm³/mol.